The monoisotopic (exact) mass is 298 g/mol. The van der Waals surface area contributed by atoms with Gasteiger partial charge in [0.25, 0.3) is 0 Å². The van der Waals surface area contributed by atoms with Gasteiger partial charge in [0.2, 0.25) is 0 Å². The number of pyridine rings is 1. The van der Waals surface area contributed by atoms with E-state index in [9.17, 15) is 0 Å². The maximum Gasteiger partial charge on any atom is 0.126 e. The largest absolute Gasteiger partial charge is 0.382 e. The number of methoxy groups -OCH3 is 1. The van der Waals surface area contributed by atoms with Gasteiger partial charge in [0.05, 0.1) is 46.2 Å². The van der Waals surface area contributed by atoms with Crippen molar-refractivity contribution in [3.05, 3.63) is 23.9 Å². The van der Waals surface area contributed by atoms with E-state index in [1.54, 1.807) is 13.3 Å². The molecule has 1 aromatic rings. The Balaban J connectivity index is 1.97. The lowest BCUT2D eigenvalue weighted by Crippen LogP contribution is -2.11. The van der Waals surface area contributed by atoms with Crippen LogP contribution < -0.4 is 5.32 Å². The molecule has 1 aromatic heterocycles. The van der Waals surface area contributed by atoms with Crippen LogP contribution in [0.25, 0.3) is 0 Å². The van der Waals surface area contributed by atoms with E-state index in [1.807, 2.05) is 19.1 Å². The summed E-state index contributed by atoms with van der Waals surface area (Å²) >= 11 is 0. The van der Waals surface area contributed by atoms with Gasteiger partial charge in [-0.25, -0.2) is 4.98 Å². The van der Waals surface area contributed by atoms with Crippen LogP contribution in [-0.4, -0.2) is 58.3 Å². The second-order valence-corrected chi connectivity index (χ2v) is 4.35. The molecular formula is C15H26N2O4. The summed E-state index contributed by atoms with van der Waals surface area (Å²) in [4.78, 5) is 4.21. The lowest BCUT2D eigenvalue weighted by atomic mass is 10.3. The highest BCUT2D eigenvalue weighted by atomic mass is 16.6. The maximum atomic E-state index is 5.56. The summed E-state index contributed by atoms with van der Waals surface area (Å²) in [5.41, 5.74) is 1.10. The summed E-state index contributed by atoms with van der Waals surface area (Å²) in [7, 11) is 1.65. The quantitative estimate of drug-likeness (QED) is 0.559. The van der Waals surface area contributed by atoms with Gasteiger partial charge in [-0.15, -0.1) is 0 Å². The molecule has 0 saturated carbocycles. The summed E-state index contributed by atoms with van der Waals surface area (Å²) in [6.07, 6.45) is 1.78. The first kappa shape index (κ1) is 17.8. The van der Waals surface area contributed by atoms with Crippen LogP contribution in [0, 0.1) is 0 Å². The van der Waals surface area contributed by atoms with E-state index in [1.165, 1.54) is 0 Å². The van der Waals surface area contributed by atoms with Crippen molar-refractivity contribution in [1.82, 2.24) is 4.98 Å². The van der Waals surface area contributed by atoms with Crippen molar-refractivity contribution in [1.29, 1.82) is 0 Å². The van der Waals surface area contributed by atoms with Gasteiger partial charge in [0.1, 0.15) is 5.82 Å². The minimum atomic E-state index is 0.564. The third-order valence-electron chi connectivity index (χ3n) is 2.63. The Kier molecular flexibility index (Phi) is 10.6. The fourth-order valence-electron chi connectivity index (χ4n) is 1.61. The molecule has 0 atom stereocenters. The first-order valence-corrected chi connectivity index (χ1v) is 7.27. The molecule has 1 N–H and O–H groups in total. The van der Waals surface area contributed by atoms with E-state index in [0.29, 0.717) is 46.2 Å². The number of nitrogens with one attached hydrogen (secondary N) is 1. The van der Waals surface area contributed by atoms with Gasteiger partial charge < -0.3 is 24.3 Å². The molecule has 0 aliphatic rings. The van der Waals surface area contributed by atoms with E-state index in [4.69, 9.17) is 18.9 Å². The third-order valence-corrected chi connectivity index (χ3v) is 2.63. The average Bonchev–Trinajstić information content (AvgIpc) is 2.50. The molecule has 6 heteroatoms. The van der Waals surface area contributed by atoms with Gasteiger partial charge in [0.15, 0.2) is 0 Å². The molecular weight excluding hydrogens is 272 g/mol. The summed E-state index contributed by atoms with van der Waals surface area (Å²) < 4.78 is 21.1. The third kappa shape index (κ3) is 9.36. The Labute approximate surface area is 126 Å². The van der Waals surface area contributed by atoms with Gasteiger partial charge >= 0.3 is 0 Å². The topological polar surface area (TPSA) is 61.8 Å². The average molecular weight is 298 g/mol. The molecule has 0 fully saturated rings. The van der Waals surface area contributed by atoms with Crippen molar-refractivity contribution in [3.63, 3.8) is 0 Å². The van der Waals surface area contributed by atoms with Crippen LogP contribution in [0.3, 0.4) is 0 Å². The number of nitrogens with zero attached hydrogens (tertiary/aromatic N) is 1. The second kappa shape index (κ2) is 12.5. The molecule has 0 radical (unpaired) electrons. The zero-order valence-corrected chi connectivity index (χ0v) is 13.0. The van der Waals surface area contributed by atoms with Crippen molar-refractivity contribution in [3.8, 4) is 0 Å². The minimum absolute atomic E-state index is 0.564. The number of anilines is 1. The predicted molar refractivity (Wildman–Crippen MR) is 81.6 cm³/mol. The molecule has 1 rings (SSSR count). The van der Waals surface area contributed by atoms with Crippen molar-refractivity contribution in [2.24, 2.45) is 0 Å². The SMILES string of the molecule is CCNc1cc(COCCOCCOCCOC)ccn1. The molecule has 120 valence electrons. The van der Waals surface area contributed by atoms with Gasteiger partial charge in [0, 0.05) is 19.9 Å². The molecule has 0 aromatic carbocycles. The lowest BCUT2D eigenvalue weighted by molar-refractivity contribution is 0.000867. The van der Waals surface area contributed by atoms with Crippen LogP contribution in [0.2, 0.25) is 0 Å². The molecule has 0 aliphatic carbocycles. The smallest absolute Gasteiger partial charge is 0.126 e. The molecule has 0 unspecified atom stereocenters. The Morgan fingerprint density at radius 1 is 1.00 bits per heavy atom. The van der Waals surface area contributed by atoms with Gasteiger partial charge in [-0.3, -0.25) is 0 Å². The van der Waals surface area contributed by atoms with Crippen molar-refractivity contribution >= 4 is 5.82 Å². The zero-order chi connectivity index (χ0) is 15.2. The van der Waals surface area contributed by atoms with Crippen LogP contribution in [-0.2, 0) is 25.6 Å². The van der Waals surface area contributed by atoms with E-state index in [0.717, 1.165) is 17.9 Å². The van der Waals surface area contributed by atoms with Crippen LogP contribution in [0.1, 0.15) is 12.5 Å². The van der Waals surface area contributed by atoms with Crippen LogP contribution in [0.15, 0.2) is 18.3 Å². The Hall–Kier alpha value is -1.21. The molecule has 0 spiro atoms. The first-order chi connectivity index (χ1) is 10.4. The summed E-state index contributed by atoms with van der Waals surface area (Å²) in [6.45, 7) is 6.98. The van der Waals surface area contributed by atoms with Crippen molar-refractivity contribution in [2.75, 3.05) is 58.6 Å². The number of aromatic nitrogens is 1. The number of rotatable bonds is 13. The normalized spacial score (nSPS) is 10.8. The molecule has 21 heavy (non-hydrogen) atoms. The van der Waals surface area contributed by atoms with Gasteiger partial charge in [-0.2, -0.15) is 0 Å². The molecule has 0 amide bonds. The Bertz CT molecular complexity index is 363. The first-order valence-electron chi connectivity index (χ1n) is 7.27. The Morgan fingerprint density at radius 2 is 1.67 bits per heavy atom. The van der Waals surface area contributed by atoms with E-state index in [2.05, 4.69) is 10.3 Å². The highest BCUT2D eigenvalue weighted by molar-refractivity contribution is 5.36. The summed E-state index contributed by atoms with van der Waals surface area (Å²) in [5.74, 6) is 0.878. The fourth-order valence-corrected chi connectivity index (χ4v) is 1.61. The molecule has 0 bridgehead atoms. The van der Waals surface area contributed by atoms with E-state index >= 15 is 0 Å². The highest BCUT2D eigenvalue weighted by Gasteiger charge is 1.97. The Morgan fingerprint density at radius 3 is 2.33 bits per heavy atom. The number of hydrogen-bond acceptors (Lipinski definition) is 6. The van der Waals surface area contributed by atoms with Crippen LogP contribution >= 0.6 is 0 Å². The number of hydrogen-bond donors (Lipinski definition) is 1. The molecule has 0 saturated heterocycles. The van der Waals surface area contributed by atoms with Crippen molar-refractivity contribution < 1.29 is 18.9 Å². The lowest BCUT2D eigenvalue weighted by Gasteiger charge is -2.08. The van der Waals surface area contributed by atoms with Crippen molar-refractivity contribution in [2.45, 2.75) is 13.5 Å². The maximum absolute atomic E-state index is 5.56. The molecule has 6 nitrogen and oxygen atoms in total. The fraction of sp³-hybridized carbons (Fsp3) is 0.667. The van der Waals surface area contributed by atoms with Gasteiger partial charge in [-0.1, -0.05) is 0 Å². The summed E-state index contributed by atoms with van der Waals surface area (Å²) in [6, 6.07) is 3.94. The van der Waals surface area contributed by atoms with Crippen LogP contribution in [0.5, 0.6) is 0 Å². The standard InChI is InChI=1S/C15H26N2O4/c1-3-16-15-12-14(4-5-17-15)13-21-11-10-20-9-8-19-7-6-18-2/h4-5,12H,3,6-11,13H2,1-2H3,(H,16,17). The van der Waals surface area contributed by atoms with E-state index < -0.39 is 0 Å². The molecule has 0 aliphatic heterocycles. The predicted octanol–water partition coefficient (Wildman–Crippen LogP) is 1.71. The van der Waals surface area contributed by atoms with Crippen LogP contribution in [0.4, 0.5) is 5.82 Å². The van der Waals surface area contributed by atoms with Gasteiger partial charge in [-0.05, 0) is 24.6 Å². The number of ether oxygens (including phenoxy) is 4. The molecule has 1 heterocycles. The summed E-state index contributed by atoms with van der Waals surface area (Å²) in [5, 5.41) is 3.17. The zero-order valence-electron chi connectivity index (χ0n) is 13.0. The highest BCUT2D eigenvalue weighted by Crippen LogP contribution is 2.07. The van der Waals surface area contributed by atoms with E-state index in [-0.39, 0.29) is 0 Å². The second-order valence-electron chi connectivity index (χ2n) is 4.35. The minimum Gasteiger partial charge on any atom is -0.382 e.